The highest BCUT2D eigenvalue weighted by molar-refractivity contribution is 7.10. The Balaban J connectivity index is 1.42. The Morgan fingerprint density at radius 2 is 2.21 bits per heavy atom. The third-order valence-corrected chi connectivity index (χ3v) is 6.51. The molecule has 0 saturated carbocycles. The third kappa shape index (κ3) is 2.65. The summed E-state index contributed by atoms with van der Waals surface area (Å²) in [6, 6.07) is 8.77. The largest absolute Gasteiger partial charge is 0.439 e. The predicted molar refractivity (Wildman–Crippen MR) is 105 cm³/mol. The molecule has 1 aromatic carbocycles. The highest BCUT2D eigenvalue weighted by Gasteiger charge is 2.54. The average Bonchev–Trinajstić information content (AvgIpc) is 3.39. The van der Waals surface area contributed by atoms with Crippen LogP contribution in [0.1, 0.15) is 29.2 Å². The molecule has 2 aliphatic rings. The molecule has 3 amide bonds. The van der Waals surface area contributed by atoms with E-state index in [2.05, 4.69) is 10.3 Å². The fraction of sp³-hybridized carbons (Fsp3) is 0.250. The van der Waals surface area contributed by atoms with Crippen LogP contribution in [-0.4, -0.2) is 21.8 Å². The Bertz CT molecular complexity index is 1090. The van der Waals surface area contributed by atoms with Gasteiger partial charge in [0, 0.05) is 21.0 Å². The smallest absolute Gasteiger partial charge is 0.325 e. The summed E-state index contributed by atoms with van der Waals surface area (Å²) >= 11 is 7.66. The summed E-state index contributed by atoms with van der Waals surface area (Å²) < 4.78 is 5.77. The molecule has 1 fully saturated rings. The van der Waals surface area contributed by atoms with Crippen molar-refractivity contribution in [3.8, 4) is 11.3 Å². The van der Waals surface area contributed by atoms with E-state index in [0.717, 1.165) is 24.0 Å². The molecule has 1 spiro atoms. The number of thiophene rings is 1. The first kappa shape index (κ1) is 17.5. The quantitative estimate of drug-likeness (QED) is 0.648. The number of halogens is 1. The van der Waals surface area contributed by atoms with Crippen molar-refractivity contribution in [1.82, 2.24) is 15.2 Å². The van der Waals surface area contributed by atoms with Gasteiger partial charge in [0.05, 0.1) is 6.20 Å². The van der Waals surface area contributed by atoms with Gasteiger partial charge in [-0.25, -0.2) is 9.78 Å². The minimum absolute atomic E-state index is 0.00749. The Labute approximate surface area is 170 Å². The first-order valence-electron chi connectivity index (χ1n) is 8.98. The molecule has 28 heavy (non-hydrogen) atoms. The van der Waals surface area contributed by atoms with Crippen LogP contribution in [0.4, 0.5) is 4.79 Å². The second-order valence-electron chi connectivity index (χ2n) is 6.97. The third-order valence-electron chi connectivity index (χ3n) is 5.29. The van der Waals surface area contributed by atoms with Crippen LogP contribution in [0, 0.1) is 0 Å². The number of hydrogen-bond donors (Lipinski definition) is 1. The highest BCUT2D eigenvalue weighted by atomic mass is 35.5. The Hall–Kier alpha value is -2.64. The molecule has 1 saturated heterocycles. The average molecular weight is 414 g/mol. The lowest BCUT2D eigenvalue weighted by Crippen LogP contribution is -2.46. The van der Waals surface area contributed by atoms with E-state index in [1.54, 1.807) is 29.7 Å². The van der Waals surface area contributed by atoms with Gasteiger partial charge in [-0.15, -0.1) is 11.3 Å². The molecule has 1 N–H and O–H groups in total. The van der Waals surface area contributed by atoms with Gasteiger partial charge in [0.15, 0.2) is 5.76 Å². The standard InChI is InChI=1S/C20H16ClN3O3S/c21-13-4-1-3-12(9-13)15-10-22-17(27-15)11-24-18(25)20(23-19(24)26)7-2-5-16-14(20)6-8-28-16/h1,3-4,6,8-10H,2,5,7,11H2,(H,23,26). The summed E-state index contributed by atoms with van der Waals surface area (Å²) in [5.74, 6) is 0.605. The first-order valence-corrected chi connectivity index (χ1v) is 10.2. The lowest BCUT2D eigenvalue weighted by atomic mass is 9.80. The number of fused-ring (bicyclic) bond motifs is 2. The number of benzene rings is 1. The molecule has 1 unspecified atom stereocenters. The molecule has 8 heteroatoms. The summed E-state index contributed by atoms with van der Waals surface area (Å²) in [6.45, 7) is -0.00749. The SMILES string of the molecule is O=C1NC2(CCCc3sccc32)C(=O)N1Cc1ncc(-c2cccc(Cl)c2)o1. The molecular formula is C20H16ClN3O3S. The number of imide groups is 1. The zero-order valence-corrected chi connectivity index (χ0v) is 16.3. The van der Waals surface area contributed by atoms with Crippen LogP contribution in [0.25, 0.3) is 11.3 Å². The van der Waals surface area contributed by atoms with Crippen LogP contribution in [0.15, 0.2) is 46.3 Å². The first-order chi connectivity index (χ1) is 13.6. The fourth-order valence-electron chi connectivity index (χ4n) is 3.98. The fourth-order valence-corrected chi connectivity index (χ4v) is 5.17. The van der Waals surface area contributed by atoms with Crippen molar-refractivity contribution in [1.29, 1.82) is 0 Å². The second-order valence-corrected chi connectivity index (χ2v) is 8.40. The number of aromatic nitrogens is 1. The van der Waals surface area contributed by atoms with E-state index in [9.17, 15) is 9.59 Å². The van der Waals surface area contributed by atoms with Crippen molar-refractivity contribution in [2.24, 2.45) is 0 Å². The molecule has 3 aromatic rings. The number of rotatable bonds is 3. The molecule has 2 aromatic heterocycles. The van der Waals surface area contributed by atoms with Gasteiger partial charge in [0.25, 0.3) is 5.91 Å². The number of nitrogens with one attached hydrogen (secondary N) is 1. The zero-order chi connectivity index (χ0) is 19.3. The Morgan fingerprint density at radius 3 is 3.07 bits per heavy atom. The van der Waals surface area contributed by atoms with Crippen molar-refractivity contribution in [2.45, 2.75) is 31.3 Å². The summed E-state index contributed by atoms with van der Waals surface area (Å²) in [5, 5.41) is 5.51. The van der Waals surface area contributed by atoms with E-state index >= 15 is 0 Å². The number of amides is 3. The minimum Gasteiger partial charge on any atom is -0.439 e. The van der Waals surface area contributed by atoms with E-state index in [1.807, 2.05) is 23.6 Å². The van der Waals surface area contributed by atoms with E-state index in [4.69, 9.17) is 16.0 Å². The van der Waals surface area contributed by atoms with Gasteiger partial charge in [-0.3, -0.25) is 9.69 Å². The van der Waals surface area contributed by atoms with E-state index in [1.165, 1.54) is 9.78 Å². The lowest BCUT2D eigenvalue weighted by molar-refractivity contribution is -0.132. The van der Waals surface area contributed by atoms with Gasteiger partial charge < -0.3 is 9.73 Å². The Kier molecular flexibility index (Phi) is 4.03. The van der Waals surface area contributed by atoms with Crippen LogP contribution in [-0.2, 0) is 23.3 Å². The van der Waals surface area contributed by atoms with E-state index < -0.39 is 11.6 Å². The van der Waals surface area contributed by atoms with E-state index in [-0.39, 0.29) is 12.5 Å². The summed E-state index contributed by atoms with van der Waals surface area (Å²) in [7, 11) is 0. The summed E-state index contributed by atoms with van der Waals surface area (Å²) in [6.07, 6.45) is 4.00. The van der Waals surface area contributed by atoms with Crippen LogP contribution < -0.4 is 5.32 Å². The summed E-state index contributed by atoms with van der Waals surface area (Å²) in [5.41, 5.74) is 0.763. The molecule has 142 valence electrons. The van der Waals surface area contributed by atoms with Crippen LogP contribution in [0.2, 0.25) is 5.02 Å². The van der Waals surface area contributed by atoms with Crippen molar-refractivity contribution < 1.29 is 14.0 Å². The second kappa shape index (κ2) is 6.46. The number of hydrogen-bond acceptors (Lipinski definition) is 5. The molecule has 5 rings (SSSR count). The Morgan fingerprint density at radius 1 is 1.32 bits per heavy atom. The maximum absolute atomic E-state index is 13.2. The molecule has 1 atom stereocenters. The van der Waals surface area contributed by atoms with Gasteiger partial charge in [0.2, 0.25) is 5.89 Å². The number of oxazole rings is 1. The molecule has 6 nitrogen and oxygen atoms in total. The van der Waals surface area contributed by atoms with Crippen LogP contribution in [0.5, 0.6) is 0 Å². The van der Waals surface area contributed by atoms with E-state index in [0.29, 0.717) is 23.1 Å². The van der Waals surface area contributed by atoms with Gasteiger partial charge in [-0.05, 0) is 42.8 Å². The topological polar surface area (TPSA) is 75.4 Å². The number of carbonyl (C=O) groups excluding carboxylic acids is 2. The summed E-state index contributed by atoms with van der Waals surface area (Å²) in [4.78, 5) is 32.5. The van der Waals surface area contributed by atoms with Crippen molar-refractivity contribution in [3.05, 3.63) is 63.3 Å². The molecule has 3 heterocycles. The van der Waals surface area contributed by atoms with Crippen LogP contribution in [0.3, 0.4) is 0 Å². The molecule has 1 aliphatic heterocycles. The van der Waals surface area contributed by atoms with Crippen molar-refractivity contribution >= 4 is 34.9 Å². The number of nitrogens with zero attached hydrogens (tertiary/aromatic N) is 2. The van der Waals surface area contributed by atoms with Gasteiger partial charge in [0.1, 0.15) is 12.1 Å². The van der Waals surface area contributed by atoms with Gasteiger partial charge >= 0.3 is 6.03 Å². The minimum atomic E-state index is -0.951. The monoisotopic (exact) mass is 413 g/mol. The normalized spacial score (nSPS) is 21.2. The van der Waals surface area contributed by atoms with Gasteiger partial charge in [-0.1, -0.05) is 23.7 Å². The highest BCUT2D eigenvalue weighted by Crippen LogP contribution is 2.42. The maximum Gasteiger partial charge on any atom is 0.325 e. The van der Waals surface area contributed by atoms with Crippen molar-refractivity contribution in [2.75, 3.05) is 0 Å². The zero-order valence-electron chi connectivity index (χ0n) is 14.8. The molecule has 1 aliphatic carbocycles. The number of urea groups is 1. The number of carbonyl (C=O) groups is 2. The van der Waals surface area contributed by atoms with Crippen LogP contribution >= 0.6 is 22.9 Å². The molecule has 0 radical (unpaired) electrons. The maximum atomic E-state index is 13.2. The predicted octanol–water partition coefficient (Wildman–Crippen LogP) is 4.34. The molecule has 0 bridgehead atoms. The number of aryl methyl sites for hydroxylation is 1. The molecular weight excluding hydrogens is 398 g/mol. The van der Waals surface area contributed by atoms with Gasteiger partial charge in [-0.2, -0.15) is 0 Å². The van der Waals surface area contributed by atoms with Crippen molar-refractivity contribution in [3.63, 3.8) is 0 Å². The lowest BCUT2D eigenvalue weighted by Gasteiger charge is -2.31.